The Hall–Kier alpha value is -3.35. The third-order valence-electron chi connectivity index (χ3n) is 4.52. The number of ether oxygens (including phenoxy) is 2. The van der Waals surface area contributed by atoms with Crippen molar-refractivity contribution in [2.75, 3.05) is 19.5 Å². The van der Waals surface area contributed by atoms with E-state index in [0.29, 0.717) is 28.2 Å². The lowest BCUT2D eigenvalue weighted by Gasteiger charge is -2.12. The third-order valence-corrected chi connectivity index (χ3v) is 4.52. The van der Waals surface area contributed by atoms with Gasteiger partial charge in [0.15, 0.2) is 5.69 Å². The number of hydrogen-bond acceptors (Lipinski definition) is 5. The van der Waals surface area contributed by atoms with Crippen LogP contribution in [0.25, 0.3) is 11.0 Å². The minimum absolute atomic E-state index is 0.171. The van der Waals surface area contributed by atoms with Gasteiger partial charge in [-0.1, -0.05) is 0 Å². The zero-order chi connectivity index (χ0) is 19.7. The predicted octanol–water partition coefficient (Wildman–Crippen LogP) is 2.82. The normalized spacial score (nSPS) is 10.7. The molecule has 1 aromatic heterocycles. The van der Waals surface area contributed by atoms with Gasteiger partial charge in [-0.15, -0.1) is 0 Å². The average molecular weight is 367 g/mol. The van der Waals surface area contributed by atoms with E-state index in [0.717, 1.165) is 11.1 Å². The molecule has 7 nitrogen and oxygen atoms in total. The summed E-state index contributed by atoms with van der Waals surface area (Å²) in [6, 6.07) is 8.73. The predicted molar refractivity (Wildman–Crippen MR) is 104 cm³/mol. The molecule has 7 heteroatoms. The summed E-state index contributed by atoms with van der Waals surface area (Å²) in [6.45, 7) is 3.93. The van der Waals surface area contributed by atoms with Gasteiger partial charge in [0.05, 0.1) is 25.3 Å². The maximum absolute atomic E-state index is 12.7. The molecule has 2 aromatic carbocycles. The van der Waals surface area contributed by atoms with Crippen LogP contribution in [0.15, 0.2) is 35.1 Å². The number of methoxy groups -OCH3 is 2. The van der Waals surface area contributed by atoms with Gasteiger partial charge >= 0.3 is 0 Å². The largest absolute Gasteiger partial charge is 0.497 e. The lowest BCUT2D eigenvalue weighted by Crippen LogP contribution is -2.30. The van der Waals surface area contributed by atoms with E-state index in [9.17, 15) is 9.59 Å². The molecule has 27 heavy (non-hydrogen) atoms. The van der Waals surface area contributed by atoms with E-state index in [1.165, 1.54) is 18.8 Å². The van der Waals surface area contributed by atoms with Crippen molar-refractivity contribution >= 4 is 22.6 Å². The van der Waals surface area contributed by atoms with Crippen molar-refractivity contribution in [3.63, 3.8) is 0 Å². The summed E-state index contributed by atoms with van der Waals surface area (Å²) in [5.74, 6) is 0.455. The quantitative estimate of drug-likeness (QED) is 0.767. The number of anilines is 1. The zero-order valence-corrected chi connectivity index (χ0v) is 15.9. The van der Waals surface area contributed by atoms with Gasteiger partial charge in [0.25, 0.3) is 11.5 Å². The molecule has 0 bridgehead atoms. The molecule has 0 fully saturated rings. The second-order valence-corrected chi connectivity index (χ2v) is 6.31. The number of nitrogens with one attached hydrogen (secondary N) is 1. The monoisotopic (exact) mass is 367 g/mol. The van der Waals surface area contributed by atoms with Gasteiger partial charge in [0.1, 0.15) is 11.5 Å². The number of aryl methyl sites for hydroxylation is 3. The first-order valence-electron chi connectivity index (χ1n) is 8.36. The summed E-state index contributed by atoms with van der Waals surface area (Å²) in [5, 5.41) is 2.69. The van der Waals surface area contributed by atoms with Crippen LogP contribution in [-0.4, -0.2) is 29.7 Å². The van der Waals surface area contributed by atoms with Gasteiger partial charge in [0, 0.05) is 30.9 Å². The summed E-state index contributed by atoms with van der Waals surface area (Å²) in [5.41, 5.74) is 3.18. The molecule has 0 aliphatic carbocycles. The van der Waals surface area contributed by atoms with Crippen molar-refractivity contribution in [1.29, 1.82) is 0 Å². The van der Waals surface area contributed by atoms with Crippen LogP contribution in [0.3, 0.4) is 0 Å². The molecule has 0 atom stereocenters. The molecule has 3 rings (SSSR count). The van der Waals surface area contributed by atoms with Gasteiger partial charge in [-0.2, -0.15) is 0 Å². The van der Waals surface area contributed by atoms with Gasteiger partial charge in [0.2, 0.25) is 0 Å². The molecule has 0 radical (unpaired) electrons. The van der Waals surface area contributed by atoms with Crippen LogP contribution in [0.5, 0.6) is 11.5 Å². The minimum atomic E-state index is -0.592. The SMILES string of the molecule is COc1cc(NC(=O)c2nc3cc(C)c(C)cc3n(C)c2=O)cc(OC)c1. The molecular weight excluding hydrogens is 346 g/mol. The summed E-state index contributed by atoms with van der Waals surface area (Å²) in [4.78, 5) is 29.7. The highest BCUT2D eigenvalue weighted by molar-refractivity contribution is 6.03. The topological polar surface area (TPSA) is 82.5 Å². The van der Waals surface area contributed by atoms with Crippen LogP contribution in [-0.2, 0) is 7.05 Å². The van der Waals surface area contributed by atoms with Crippen molar-refractivity contribution in [3.05, 3.63) is 57.5 Å². The fourth-order valence-corrected chi connectivity index (χ4v) is 2.80. The number of hydrogen-bond donors (Lipinski definition) is 1. The second-order valence-electron chi connectivity index (χ2n) is 6.31. The lowest BCUT2D eigenvalue weighted by molar-refractivity contribution is 0.102. The zero-order valence-electron chi connectivity index (χ0n) is 15.9. The van der Waals surface area contributed by atoms with Crippen molar-refractivity contribution in [2.45, 2.75) is 13.8 Å². The van der Waals surface area contributed by atoms with Gasteiger partial charge < -0.3 is 19.4 Å². The molecule has 0 saturated carbocycles. The van der Waals surface area contributed by atoms with Crippen molar-refractivity contribution < 1.29 is 14.3 Å². The highest BCUT2D eigenvalue weighted by Crippen LogP contribution is 2.26. The number of fused-ring (bicyclic) bond motifs is 1. The number of nitrogens with zero attached hydrogens (tertiary/aromatic N) is 2. The summed E-state index contributed by atoms with van der Waals surface area (Å²) in [7, 11) is 4.67. The van der Waals surface area contributed by atoms with Crippen molar-refractivity contribution in [3.8, 4) is 11.5 Å². The first-order chi connectivity index (χ1) is 12.8. The Balaban J connectivity index is 2.05. The molecule has 0 aliphatic heterocycles. The Kier molecular flexibility index (Phi) is 4.85. The Morgan fingerprint density at radius 2 is 1.59 bits per heavy atom. The van der Waals surface area contributed by atoms with E-state index in [-0.39, 0.29) is 5.69 Å². The fourth-order valence-electron chi connectivity index (χ4n) is 2.80. The van der Waals surface area contributed by atoms with Crippen LogP contribution in [0.1, 0.15) is 21.6 Å². The number of benzene rings is 2. The lowest BCUT2D eigenvalue weighted by atomic mass is 10.1. The minimum Gasteiger partial charge on any atom is -0.497 e. The molecule has 140 valence electrons. The Labute approximate surface area is 156 Å². The van der Waals surface area contributed by atoms with Crippen molar-refractivity contribution in [2.24, 2.45) is 7.05 Å². The van der Waals surface area contributed by atoms with Crippen LogP contribution >= 0.6 is 0 Å². The van der Waals surface area contributed by atoms with E-state index in [4.69, 9.17) is 9.47 Å². The maximum atomic E-state index is 12.7. The van der Waals surface area contributed by atoms with Crippen LogP contribution in [0.4, 0.5) is 5.69 Å². The Bertz CT molecular complexity index is 1080. The Morgan fingerprint density at radius 1 is 1.00 bits per heavy atom. The first-order valence-corrected chi connectivity index (χ1v) is 8.36. The number of aromatic nitrogens is 2. The molecule has 0 spiro atoms. The third kappa shape index (κ3) is 3.48. The molecule has 0 aliphatic rings. The average Bonchev–Trinajstić information content (AvgIpc) is 2.65. The molecule has 1 amide bonds. The first kappa shape index (κ1) is 18.4. The molecule has 3 aromatic rings. The molecular formula is C20H21N3O4. The number of carbonyl (C=O) groups excluding carboxylic acids is 1. The van der Waals surface area contributed by atoms with Gasteiger partial charge in [-0.25, -0.2) is 4.98 Å². The highest BCUT2D eigenvalue weighted by atomic mass is 16.5. The van der Waals surface area contributed by atoms with Crippen molar-refractivity contribution in [1.82, 2.24) is 9.55 Å². The second kappa shape index (κ2) is 7.11. The van der Waals surface area contributed by atoms with E-state index in [1.54, 1.807) is 25.2 Å². The number of rotatable bonds is 4. The van der Waals surface area contributed by atoms with Crippen LogP contribution < -0.4 is 20.3 Å². The van der Waals surface area contributed by atoms with Crippen LogP contribution in [0.2, 0.25) is 0 Å². The standard InChI is InChI=1S/C20H21N3O4/c1-11-6-16-17(7-12(11)2)23(3)20(25)18(22-16)19(24)21-13-8-14(26-4)10-15(9-13)27-5/h6-10H,1-5H3,(H,21,24). The van der Waals surface area contributed by atoms with Crippen LogP contribution in [0, 0.1) is 13.8 Å². The molecule has 0 unspecified atom stereocenters. The van der Waals surface area contributed by atoms with E-state index in [2.05, 4.69) is 10.3 Å². The number of carbonyl (C=O) groups is 1. The fraction of sp³-hybridized carbons (Fsp3) is 0.250. The Morgan fingerprint density at radius 3 is 2.19 bits per heavy atom. The van der Waals surface area contributed by atoms with E-state index >= 15 is 0 Å². The summed E-state index contributed by atoms with van der Waals surface area (Å²) in [6.07, 6.45) is 0. The smallest absolute Gasteiger partial charge is 0.282 e. The molecule has 1 N–H and O–H groups in total. The van der Waals surface area contributed by atoms with Gasteiger partial charge in [-0.3, -0.25) is 9.59 Å². The summed E-state index contributed by atoms with van der Waals surface area (Å²) < 4.78 is 11.8. The van der Waals surface area contributed by atoms with Gasteiger partial charge in [-0.05, 0) is 37.1 Å². The molecule has 1 heterocycles. The maximum Gasteiger partial charge on any atom is 0.282 e. The highest BCUT2D eigenvalue weighted by Gasteiger charge is 2.17. The van der Waals surface area contributed by atoms with E-state index in [1.807, 2.05) is 26.0 Å². The summed E-state index contributed by atoms with van der Waals surface area (Å²) >= 11 is 0. The van der Waals surface area contributed by atoms with E-state index < -0.39 is 11.5 Å². The number of amides is 1. The molecule has 0 saturated heterocycles.